The van der Waals surface area contributed by atoms with E-state index in [4.69, 9.17) is 0 Å². The molecule has 2 aromatic rings. The lowest BCUT2D eigenvalue weighted by Gasteiger charge is -2.19. The first-order valence-corrected chi connectivity index (χ1v) is 7.81. The molecule has 0 bridgehead atoms. The maximum Gasteiger partial charge on any atom is 0.239 e. The molecule has 124 valence electrons. The second-order valence-corrected chi connectivity index (χ2v) is 5.79. The van der Waals surface area contributed by atoms with E-state index in [1.54, 1.807) is 37.5 Å². The van der Waals surface area contributed by atoms with Crippen molar-refractivity contribution in [3.05, 3.63) is 59.7 Å². The van der Waals surface area contributed by atoms with E-state index in [1.165, 1.54) is 11.0 Å². The predicted octanol–water partition coefficient (Wildman–Crippen LogP) is 2.20. The van der Waals surface area contributed by atoms with Crippen LogP contribution < -0.4 is 10.2 Å². The summed E-state index contributed by atoms with van der Waals surface area (Å²) >= 11 is 0. The number of aromatic nitrogens is 1. The van der Waals surface area contributed by atoms with Crippen molar-refractivity contribution >= 4 is 17.5 Å². The van der Waals surface area contributed by atoms with Gasteiger partial charge in [0.15, 0.2) is 0 Å². The molecule has 1 fully saturated rings. The zero-order valence-corrected chi connectivity index (χ0v) is 13.3. The third-order valence-electron chi connectivity index (χ3n) is 4.24. The van der Waals surface area contributed by atoms with Gasteiger partial charge in [-0.1, -0.05) is 12.1 Å². The van der Waals surface area contributed by atoms with E-state index >= 15 is 0 Å². The van der Waals surface area contributed by atoms with Gasteiger partial charge in [0, 0.05) is 36.7 Å². The van der Waals surface area contributed by atoms with Gasteiger partial charge < -0.3 is 10.2 Å². The number of pyridine rings is 1. The average molecular weight is 327 g/mol. The van der Waals surface area contributed by atoms with Crippen LogP contribution in [0.3, 0.4) is 0 Å². The molecule has 1 aliphatic heterocycles. The Morgan fingerprint density at radius 1 is 1.38 bits per heavy atom. The second-order valence-electron chi connectivity index (χ2n) is 5.79. The zero-order valence-electron chi connectivity index (χ0n) is 13.3. The molecule has 1 aromatic heterocycles. The summed E-state index contributed by atoms with van der Waals surface area (Å²) in [7, 11) is 0. The summed E-state index contributed by atoms with van der Waals surface area (Å²) in [5.74, 6) is -1.68. The number of hydrogen-bond acceptors (Lipinski definition) is 3. The molecule has 6 heteroatoms. The van der Waals surface area contributed by atoms with Gasteiger partial charge in [-0.25, -0.2) is 4.39 Å². The van der Waals surface area contributed by atoms with Crippen LogP contribution in [0, 0.1) is 18.7 Å². The lowest BCUT2D eigenvalue weighted by molar-refractivity contribution is -0.132. The fourth-order valence-electron chi connectivity index (χ4n) is 2.87. The molecule has 1 saturated heterocycles. The molecule has 1 atom stereocenters. The fraction of sp³-hybridized carbons (Fsp3) is 0.278. The monoisotopic (exact) mass is 327 g/mol. The SMILES string of the molecule is Cc1c(F)cccc1N1CCC(C(=O)NCc2cccnc2)C1=O. The van der Waals surface area contributed by atoms with Gasteiger partial charge >= 0.3 is 0 Å². The van der Waals surface area contributed by atoms with E-state index in [-0.39, 0.29) is 17.6 Å². The lowest BCUT2D eigenvalue weighted by Crippen LogP contribution is -2.36. The molecule has 3 rings (SSSR count). The normalized spacial score (nSPS) is 17.2. The van der Waals surface area contributed by atoms with Gasteiger partial charge in [-0.05, 0) is 37.1 Å². The summed E-state index contributed by atoms with van der Waals surface area (Å²) in [4.78, 5) is 30.3. The quantitative estimate of drug-likeness (QED) is 0.876. The van der Waals surface area contributed by atoms with Gasteiger partial charge in [-0.2, -0.15) is 0 Å². The van der Waals surface area contributed by atoms with Crippen LogP contribution in [0.1, 0.15) is 17.5 Å². The van der Waals surface area contributed by atoms with E-state index in [0.717, 1.165) is 5.56 Å². The van der Waals surface area contributed by atoms with Crippen molar-refractivity contribution in [3.8, 4) is 0 Å². The third-order valence-corrected chi connectivity index (χ3v) is 4.24. The van der Waals surface area contributed by atoms with E-state index in [2.05, 4.69) is 10.3 Å². The van der Waals surface area contributed by atoms with Crippen LogP contribution in [0.15, 0.2) is 42.7 Å². The van der Waals surface area contributed by atoms with E-state index in [9.17, 15) is 14.0 Å². The summed E-state index contributed by atoms with van der Waals surface area (Å²) in [5.41, 5.74) is 1.82. The number of rotatable bonds is 4. The van der Waals surface area contributed by atoms with Crippen molar-refractivity contribution in [2.75, 3.05) is 11.4 Å². The minimum absolute atomic E-state index is 0.285. The summed E-state index contributed by atoms with van der Waals surface area (Å²) in [6, 6.07) is 8.27. The zero-order chi connectivity index (χ0) is 17.1. The summed E-state index contributed by atoms with van der Waals surface area (Å²) in [6.07, 6.45) is 3.75. The predicted molar refractivity (Wildman–Crippen MR) is 87.7 cm³/mol. The number of carbonyl (C=O) groups excluding carboxylic acids is 2. The van der Waals surface area contributed by atoms with Gasteiger partial charge in [-0.15, -0.1) is 0 Å². The minimum atomic E-state index is -0.732. The number of hydrogen-bond donors (Lipinski definition) is 1. The number of carbonyl (C=O) groups is 2. The highest BCUT2D eigenvalue weighted by molar-refractivity contribution is 6.09. The van der Waals surface area contributed by atoms with E-state index in [0.29, 0.717) is 30.8 Å². The first-order chi connectivity index (χ1) is 11.6. The van der Waals surface area contributed by atoms with Crippen molar-refractivity contribution in [2.45, 2.75) is 19.9 Å². The standard InChI is InChI=1S/C18H18FN3O2/c1-12-15(19)5-2-6-16(12)22-9-7-14(18(22)24)17(23)21-11-13-4-3-8-20-10-13/h2-6,8,10,14H,7,9,11H2,1H3,(H,21,23). The maximum atomic E-state index is 13.7. The van der Waals surface area contributed by atoms with E-state index < -0.39 is 5.92 Å². The molecule has 0 aliphatic carbocycles. The highest BCUT2D eigenvalue weighted by atomic mass is 19.1. The first kappa shape index (κ1) is 16.1. The molecular weight excluding hydrogens is 309 g/mol. The second kappa shape index (κ2) is 6.78. The Morgan fingerprint density at radius 2 is 2.21 bits per heavy atom. The number of nitrogens with one attached hydrogen (secondary N) is 1. The van der Waals surface area contributed by atoms with Crippen LogP contribution in [-0.2, 0) is 16.1 Å². The van der Waals surface area contributed by atoms with Crippen LogP contribution in [0.5, 0.6) is 0 Å². The Bertz CT molecular complexity index is 764. The van der Waals surface area contributed by atoms with Crippen LogP contribution in [0.25, 0.3) is 0 Å². The number of benzene rings is 1. The molecule has 1 aromatic carbocycles. The third kappa shape index (κ3) is 3.13. The largest absolute Gasteiger partial charge is 0.351 e. The summed E-state index contributed by atoms with van der Waals surface area (Å²) < 4.78 is 13.7. The first-order valence-electron chi connectivity index (χ1n) is 7.81. The molecule has 0 saturated carbocycles. The highest BCUT2D eigenvalue weighted by Crippen LogP contribution is 2.29. The van der Waals surface area contributed by atoms with Crippen LogP contribution in [0.2, 0.25) is 0 Å². The molecule has 2 heterocycles. The van der Waals surface area contributed by atoms with Gasteiger partial charge in [0.1, 0.15) is 11.7 Å². The molecule has 1 N–H and O–H groups in total. The highest BCUT2D eigenvalue weighted by Gasteiger charge is 2.38. The van der Waals surface area contributed by atoms with Crippen molar-refractivity contribution in [1.82, 2.24) is 10.3 Å². The molecule has 0 spiro atoms. The van der Waals surface area contributed by atoms with Gasteiger partial charge in [0.2, 0.25) is 11.8 Å². The Morgan fingerprint density at radius 3 is 2.96 bits per heavy atom. The Hall–Kier alpha value is -2.76. The Labute approximate surface area is 139 Å². The molecule has 2 amide bonds. The van der Waals surface area contributed by atoms with Crippen molar-refractivity contribution in [1.29, 1.82) is 0 Å². The smallest absolute Gasteiger partial charge is 0.239 e. The fourth-order valence-corrected chi connectivity index (χ4v) is 2.87. The van der Waals surface area contributed by atoms with Crippen molar-refractivity contribution in [3.63, 3.8) is 0 Å². The topological polar surface area (TPSA) is 62.3 Å². The maximum absolute atomic E-state index is 13.7. The number of amides is 2. The molecule has 24 heavy (non-hydrogen) atoms. The number of halogens is 1. The molecule has 1 unspecified atom stereocenters. The lowest BCUT2D eigenvalue weighted by atomic mass is 10.1. The van der Waals surface area contributed by atoms with Crippen molar-refractivity contribution < 1.29 is 14.0 Å². The van der Waals surface area contributed by atoms with Crippen LogP contribution in [-0.4, -0.2) is 23.3 Å². The summed E-state index contributed by atoms with van der Waals surface area (Å²) in [5, 5.41) is 2.77. The van der Waals surface area contributed by atoms with Crippen molar-refractivity contribution in [2.24, 2.45) is 5.92 Å². The Kier molecular flexibility index (Phi) is 4.55. The Balaban J connectivity index is 1.67. The minimum Gasteiger partial charge on any atom is -0.351 e. The van der Waals surface area contributed by atoms with Gasteiger partial charge in [0.05, 0.1) is 0 Å². The van der Waals surface area contributed by atoms with Crippen LogP contribution in [0.4, 0.5) is 10.1 Å². The van der Waals surface area contributed by atoms with Crippen LogP contribution >= 0.6 is 0 Å². The molecule has 0 radical (unpaired) electrons. The molecule has 1 aliphatic rings. The van der Waals surface area contributed by atoms with Gasteiger partial charge in [-0.3, -0.25) is 14.6 Å². The number of anilines is 1. The molecular formula is C18H18FN3O2. The van der Waals surface area contributed by atoms with E-state index in [1.807, 2.05) is 6.07 Å². The molecule has 5 nitrogen and oxygen atoms in total. The average Bonchev–Trinajstić information content (AvgIpc) is 2.98. The summed E-state index contributed by atoms with van der Waals surface area (Å²) in [6.45, 7) is 2.37. The number of nitrogens with zero attached hydrogens (tertiary/aromatic N) is 2. The van der Waals surface area contributed by atoms with Gasteiger partial charge in [0.25, 0.3) is 0 Å².